The fraction of sp³-hybridized carbons (Fsp3) is 0.188. The van der Waals surface area contributed by atoms with Crippen LogP contribution >= 0.6 is 11.6 Å². The molecule has 2 heterocycles. The summed E-state index contributed by atoms with van der Waals surface area (Å²) in [4.78, 5) is 22.9. The minimum atomic E-state index is -0.628. The Bertz CT molecular complexity index is 965. The summed E-state index contributed by atoms with van der Waals surface area (Å²) < 4.78 is 2.91. The van der Waals surface area contributed by atoms with E-state index in [1.54, 1.807) is 23.9 Å². The van der Waals surface area contributed by atoms with E-state index in [1.165, 1.54) is 10.9 Å². The summed E-state index contributed by atoms with van der Waals surface area (Å²) in [6.45, 7) is 2.56. The van der Waals surface area contributed by atoms with Gasteiger partial charge in [0.05, 0.1) is 23.4 Å². The molecule has 0 atom stereocenters. The summed E-state index contributed by atoms with van der Waals surface area (Å²) in [6.07, 6.45) is 4.18. The molecule has 1 N–H and O–H groups in total. The molecule has 1 aromatic carbocycles. The molecular weight excluding hydrogens is 360 g/mol. The summed E-state index contributed by atoms with van der Waals surface area (Å²) in [5, 5.41) is 22.4. The van der Waals surface area contributed by atoms with Crippen LogP contribution in [0, 0.1) is 10.1 Å². The Hall–Kier alpha value is -3.20. The van der Waals surface area contributed by atoms with E-state index in [1.807, 2.05) is 18.2 Å². The molecule has 1 amide bonds. The number of amides is 1. The average molecular weight is 375 g/mol. The minimum absolute atomic E-state index is 0.0971. The van der Waals surface area contributed by atoms with Crippen LogP contribution in [0.25, 0.3) is 0 Å². The van der Waals surface area contributed by atoms with Gasteiger partial charge in [-0.1, -0.05) is 23.7 Å². The van der Waals surface area contributed by atoms with Crippen LogP contribution in [-0.2, 0) is 13.1 Å². The number of nitro groups is 1. The second-order valence-electron chi connectivity index (χ2n) is 5.46. The fourth-order valence-electron chi connectivity index (χ4n) is 2.51. The second kappa shape index (κ2) is 7.36. The van der Waals surface area contributed by atoms with Crippen molar-refractivity contribution in [1.82, 2.24) is 19.6 Å². The van der Waals surface area contributed by atoms with Gasteiger partial charge in [-0.15, -0.1) is 0 Å². The summed E-state index contributed by atoms with van der Waals surface area (Å²) in [6, 6.07) is 7.36. The third-order valence-electron chi connectivity index (χ3n) is 3.66. The highest BCUT2D eigenvalue weighted by Gasteiger charge is 2.26. The molecule has 0 unspecified atom stereocenters. The van der Waals surface area contributed by atoms with Crippen LogP contribution in [0.4, 0.5) is 11.4 Å². The predicted octanol–water partition coefficient (Wildman–Crippen LogP) is 2.96. The monoisotopic (exact) mass is 374 g/mol. The van der Waals surface area contributed by atoms with Crippen LogP contribution in [0.5, 0.6) is 0 Å². The van der Waals surface area contributed by atoms with Crippen LogP contribution < -0.4 is 5.32 Å². The standard InChI is InChI=1S/C16H15ClN6O3/c1-2-22-15(14(8-19-22)23(25)26)16(24)20-13-7-18-21(10-13)9-11-4-3-5-12(17)6-11/h3-8,10H,2,9H2,1H3,(H,20,24). The van der Waals surface area contributed by atoms with Gasteiger partial charge in [0.25, 0.3) is 5.91 Å². The first-order valence-corrected chi connectivity index (χ1v) is 8.14. The SMILES string of the molecule is CCn1ncc([N+](=O)[O-])c1C(=O)Nc1cnn(Cc2cccc(Cl)c2)c1. The summed E-state index contributed by atoms with van der Waals surface area (Å²) >= 11 is 5.96. The summed E-state index contributed by atoms with van der Waals surface area (Å²) in [5.74, 6) is -0.613. The highest BCUT2D eigenvalue weighted by atomic mass is 35.5. The Morgan fingerprint density at radius 2 is 2.15 bits per heavy atom. The van der Waals surface area contributed by atoms with E-state index in [4.69, 9.17) is 11.6 Å². The normalized spacial score (nSPS) is 10.7. The Balaban J connectivity index is 1.76. The molecule has 3 aromatic rings. The van der Waals surface area contributed by atoms with E-state index in [0.29, 0.717) is 23.8 Å². The van der Waals surface area contributed by atoms with E-state index in [0.717, 1.165) is 11.8 Å². The van der Waals surface area contributed by atoms with Crippen LogP contribution in [0.15, 0.2) is 42.9 Å². The van der Waals surface area contributed by atoms with Crippen molar-refractivity contribution < 1.29 is 9.72 Å². The number of aromatic nitrogens is 4. The molecule has 2 aromatic heterocycles. The number of nitrogens with zero attached hydrogens (tertiary/aromatic N) is 5. The molecule has 10 heteroatoms. The molecule has 0 saturated heterocycles. The number of carbonyl (C=O) groups excluding carboxylic acids is 1. The number of aryl methyl sites for hydroxylation is 1. The average Bonchev–Trinajstić information content (AvgIpc) is 3.21. The van der Waals surface area contributed by atoms with Gasteiger partial charge < -0.3 is 5.32 Å². The van der Waals surface area contributed by atoms with Gasteiger partial charge in [-0.2, -0.15) is 10.2 Å². The Morgan fingerprint density at radius 3 is 2.85 bits per heavy atom. The molecule has 3 rings (SSSR count). The lowest BCUT2D eigenvalue weighted by molar-refractivity contribution is -0.385. The molecule has 0 aliphatic rings. The number of benzene rings is 1. The molecule has 26 heavy (non-hydrogen) atoms. The maximum Gasteiger partial charge on any atom is 0.320 e. The van der Waals surface area contributed by atoms with Crippen LogP contribution in [0.2, 0.25) is 5.02 Å². The van der Waals surface area contributed by atoms with Crippen molar-refractivity contribution >= 4 is 28.9 Å². The number of anilines is 1. The highest BCUT2D eigenvalue weighted by Crippen LogP contribution is 2.20. The Morgan fingerprint density at radius 1 is 1.35 bits per heavy atom. The second-order valence-corrected chi connectivity index (χ2v) is 5.90. The third-order valence-corrected chi connectivity index (χ3v) is 3.89. The van der Waals surface area contributed by atoms with Crippen molar-refractivity contribution in [3.05, 3.63) is 69.3 Å². The maximum atomic E-state index is 12.5. The number of halogens is 1. The van der Waals surface area contributed by atoms with Crippen molar-refractivity contribution in [1.29, 1.82) is 0 Å². The zero-order valence-electron chi connectivity index (χ0n) is 13.8. The molecule has 0 aliphatic carbocycles. The Kier molecular flexibility index (Phi) is 4.99. The third kappa shape index (κ3) is 3.72. The van der Waals surface area contributed by atoms with Crippen LogP contribution in [-0.4, -0.2) is 30.4 Å². The van der Waals surface area contributed by atoms with Gasteiger partial charge >= 0.3 is 5.69 Å². The van der Waals surface area contributed by atoms with Gasteiger partial charge in [0.2, 0.25) is 5.69 Å². The number of hydrogen-bond acceptors (Lipinski definition) is 5. The first-order valence-electron chi connectivity index (χ1n) is 7.76. The molecule has 0 spiro atoms. The first-order chi connectivity index (χ1) is 12.5. The number of rotatable bonds is 6. The summed E-state index contributed by atoms with van der Waals surface area (Å²) in [7, 11) is 0. The van der Waals surface area contributed by atoms with Crippen molar-refractivity contribution in [2.45, 2.75) is 20.0 Å². The van der Waals surface area contributed by atoms with Gasteiger partial charge in [0.15, 0.2) is 0 Å². The van der Waals surface area contributed by atoms with Gasteiger partial charge in [0, 0.05) is 17.8 Å². The van der Waals surface area contributed by atoms with E-state index in [9.17, 15) is 14.9 Å². The molecule has 0 radical (unpaired) electrons. The van der Waals surface area contributed by atoms with Crippen molar-refractivity contribution in [3.8, 4) is 0 Å². The molecule has 0 aliphatic heterocycles. The fourth-order valence-corrected chi connectivity index (χ4v) is 2.72. The lowest BCUT2D eigenvalue weighted by Gasteiger charge is -2.04. The minimum Gasteiger partial charge on any atom is -0.318 e. The van der Waals surface area contributed by atoms with Crippen LogP contribution in [0.1, 0.15) is 23.0 Å². The summed E-state index contributed by atoms with van der Waals surface area (Å²) in [5.41, 5.74) is 0.948. The number of nitrogens with one attached hydrogen (secondary N) is 1. The van der Waals surface area contributed by atoms with Crippen molar-refractivity contribution in [2.75, 3.05) is 5.32 Å². The van der Waals surface area contributed by atoms with E-state index < -0.39 is 10.8 Å². The largest absolute Gasteiger partial charge is 0.320 e. The van der Waals surface area contributed by atoms with Crippen LogP contribution in [0.3, 0.4) is 0 Å². The lowest BCUT2D eigenvalue weighted by Crippen LogP contribution is -2.18. The molecule has 0 bridgehead atoms. The first kappa shape index (κ1) is 17.6. The zero-order valence-corrected chi connectivity index (χ0v) is 14.6. The molecule has 9 nitrogen and oxygen atoms in total. The molecular formula is C16H15ClN6O3. The highest BCUT2D eigenvalue weighted by molar-refractivity contribution is 6.30. The zero-order chi connectivity index (χ0) is 18.7. The molecule has 0 saturated carbocycles. The van der Waals surface area contributed by atoms with Gasteiger partial charge in [-0.05, 0) is 24.6 Å². The smallest absolute Gasteiger partial charge is 0.318 e. The maximum absolute atomic E-state index is 12.5. The lowest BCUT2D eigenvalue weighted by atomic mass is 10.2. The topological polar surface area (TPSA) is 108 Å². The van der Waals surface area contributed by atoms with Gasteiger partial charge in [-0.25, -0.2) is 0 Å². The number of hydrogen-bond donors (Lipinski definition) is 1. The van der Waals surface area contributed by atoms with E-state index >= 15 is 0 Å². The van der Waals surface area contributed by atoms with Crippen molar-refractivity contribution in [3.63, 3.8) is 0 Å². The quantitative estimate of drug-likeness (QED) is 0.527. The van der Waals surface area contributed by atoms with E-state index in [-0.39, 0.29) is 11.4 Å². The Labute approximate surface area is 153 Å². The molecule has 134 valence electrons. The molecule has 0 fully saturated rings. The number of carbonyl (C=O) groups is 1. The van der Waals surface area contributed by atoms with E-state index in [2.05, 4.69) is 15.5 Å². The predicted molar refractivity (Wildman–Crippen MR) is 95.3 cm³/mol. The van der Waals surface area contributed by atoms with Gasteiger partial charge in [-0.3, -0.25) is 24.3 Å². The van der Waals surface area contributed by atoms with Gasteiger partial charge in [0.1, 0.15) is 6.20 Å². The van der Waals surface area contributed by atoms with Crippen molar-refractivity contribution in [2.24, 2.45) is 0 Å².